The predicted molar refractivity (Wildman–Crippen MR) is 92.0 cm³/mol. The molecule has 0 aliphatic heterocycles. The Morgan fingerprint density at radius 1 is 1.17 bits per heavy atom. The number of nitrogens with zero attached hydrogens (tertiary/aromatic N) is 5. The van der Waals surface area contributed by atoms with Gasteiger partial charge in [0.15, 0.2) is 5.75 Å². The Morgan fingerprint density at radius 3 is 2.58 bits per heavy atom. The Balaban J connectivity index is 1.82. The molecule has 0 saturated carbocycles. The van der Waals surface area contributed by atoms with Gasteiger partial charge in [-0.05, 0) is 36.4 Å². The number of hydrogen-bond donors (Lipinski definition) is 0. The Bertz CT molecular complexity index is 880. The van der Waals surface area contributed by atoms with E-state index in [0.29, 0.717) is 18.0 Å². The molecule has 0 atom stereocenters. The van der Waals surface area contributed by atoms with Crippen molar-refractivity contribution in [2.75, 3.05) is 26.1 Å². The quantitative estimate of drug-likeness (QED) is 0.712. The molecule has 0 saturated heterocycles. The van der Waals surface area contributed by atoms with E-state index in [1.54, 1.807) is 27.6 Å². The number of ether oxygens (including phenoxy) is 1. The second kappa shape index (κ2) is 6.57. The summed E-state index contributed by atoms with van der Waals surface area (Å²) in [5.41, 5.74) is 2.53. The van der Waals surface area contributed by atoms with Crippen LogP contribution in [-0.2, 0) is 6.54 Å². The average molecular weight is 325 g/mol. The van der Waals surface area contributed by atoms with Crippen molar-refractivity contribution in [1.29, 1.82) is 0 Å². The van der Waals surface area contributed by atoms with Crippen LogP contribution in [0.15, 0.2) is 53.6 Å². The van der Waals surface area contributed by atoms with Crippen LogP contribution in [0.1, 0.15) is 5.69 Å². The number of rotatable bonds is 5. The summed E-state index contributed by atoms with van der Waals surface area (Å²) in [7, 11) is 5.47. The zero-order valence-electron chi connectivity index (χ0n) is 13.9. The van der Waals surface area contributed by atoms with Gasteiger partial charge in [0.25, 0.3) is 5.56 Å². The summed E-state index contributed by atoms with van der Waals surface area (Å²) in [5, 5.41) is 8.28. The van der Waals surface area contributed by atoms with Crippen LogP contribution in [0.2, 0.25) is 0 Å². The second-order valence-electron chi connectivity index (χ2n) is 5.57. The van der Waals surface area contributed by atoms with Crippen molar-refractivity contribution >= 4 is 5.69 Å². The summed E-state index contributed by atoms with van der Waals surface area (Å²) < 4.78 is 8.29. The molecule has 3 rings (SSSR count). The standard InChI is InChI=1S/C17H19N5O2/c1-20(2)14-6-8-15(9-7-14)22-12-13(18-19-22)11-21-10-4-5-16(24-3)17(21)23/h4-10,12H,11H2,1-3H3. The van der Waals surface area contributed by atoms with Crippen molar-refractivity contribution in [2.24, 2.45) is 0 Å². The number of anilines is 1. The first-order chi connectivity index (χ1) is 11.6. The van der Waals surface area contributed by atoms with Crippen molar-refractivity contribution in [3.8, 4) is 11.4 Å². The molecular weight excluding hydrogens is 306 g/mol. The van der Waals surface area contributed by atoms with Gasteiger partial charge in [0.2, 0.25) is 0 Å². The third-order valence-electron chi connectivity index (χ3n) is 3.71. The maximum atomic E-state index is 12.2. The van der Waals surface area contributed by atoms with Crippen LogP contribution in [0.5, 0.6) is 5.75 Å². The molecule has 0 aliphatic rings. The molecule has 2 heterocycles. The van der Waals surface area contributed by atoms with Crippen LogP contribution in [0.3, 0.4) is 0 Å². The lowest BCUT2D eigenvalue weighted by molar-refractivity contribution is 0.403. The molecule has 124 valence electrons. The predicted octanol–water partition coefficient (Wildman–Crippen LogP) is 1.55. The minimum absolute atomic E-state index is 0.190. The summed E-state index contributed by atoms with van der Waals surface area (Å²) in [5.74, 6) is 0.309. The fourth-order valence-electron chi connectivity index (χ4n) is 2.37. The summed E-state index contributed by atoms with van der Waals surface area (Å²) in [4.78, 5) is 14.2. The normalized spacial score (nSPS) is 10.6. The van der Waals surface area contributed by atoms with E-state index in [-0.39, 0.29) is 5.56 Å². The summed E-state index contributed by atoms with van der Waals surface area (Å²) in [6.45, 7) is 0.339. The zero-order valence-corrected chi connectivity index (χ0v) is 13.9. The highest BCUT2D eigenvalue weighted by atomic mass is 16.5. The third kappa shape index (κ3) is 3.15. The van der Waals surface area contributed by atoms with E-state index in [0.717, 1.165) is 11.4 Å². The topological polar surface area (TPSA) is 65.2 Å². The van der Waals surface area contributed by atoms with E-state index < -0.39 is 0 Å². The lowest BCUT2D eigenvalue weighted by Gasteiger charge is -2.12. The van der Waals surface area contributed by atoms with E-state index in [9.17, 15) is 4.79 Å². The van der Waals surface area contributed by atoms with Crippen LogP contribution in [0.25, 0.3) is 5.69 Å². The highest BCUT2D eigenvalue weighted by Gasteiger charge is 2.07. The number of benzene rings is 1. The Morgan fingerprint density at radius 2 is 1.92 bits per heavy atom. The van der Waals surface area contributed by atoms with E-state index >= 15 is 0 Å². The van der Waals surface area contributed by atoms with Crippen LogP contribution in [0, 0.1) is 0 Å². The van der Waals surface area contributed by atoms with Gasteiger partial charge in [0.05, 0.1) is 25.5 Å². The monoisotopic (exact) mass is 325 g/mol. The molecule has 7 heteroatoms. The Hall–Kier alpha value is -3.09. The molecule has 1 aromatic carbocycles. The smallest absolute Gasteiger partial charge is 0.293 e. The molecule has 0 radical (unpaired) electrons. The van der Waals surface area contributed by atoms with E-state index in [2.05, 4.69) is 10.3 Å². The van der Waals surface area contributed by atoms with Crippen LogP contribution >= 0.6 is 0 Å². The zero-order chi connectivity index (χ0) is 17.1. The minimum Gasteiger partial charge on any atom is -0.491 e. The fraction of sp³-hybridized carbons (Fsp3) is 0.235. The van der Waals surface area contributed by atoms with Gasteiger partial charge in [0.1, 0.15) is 5.69 Å². The molecule has 0 fully saturated rings. The van der Waals surface area contributed by atoms with Gasteiger partial charge in [0, 0.05) is 26.0 Å². The molecular formula is C17H19N5O2. The first-order valence-electron chi connectivity index (χ1n) is 7.51. The number of pyridine rings is 1. The van der Waals surface area contributed by atoms with E-state index in [1.165, 1.54) is 7.11 Å². The van der Waals surface area contributed by atoms with E-state index in [1.807, 2.05) is 49.5 Å². The van der Waals surface area contributed by atoms with Crippen molar-refractivity contribution < 1.29 is 4.74 Å². The Kier molecular flexibility index (Phi) is 4.33. The summed E-state index contributed by atoms with van der Waals surface area (Å²) in [6, 6.07) is 11.4. The molecule has 0 unspecified atom stereocenters. The largest absolute Gasteiger partial charge is 0.491 e. The van der Waals surface area contributed by atoms with Gasteiger partial charge in [-0.15, -0.1) is 5.10 Å². The first-order valence-corrected chi connectivity index (χ1v) is 7.51. The van der Waals surface area contributed by atoms with Gasteiger partial charge < -0.3 is 14.2 Å². The average Bonchev–Trinajstić information content (AvgIpc) is 3.05. The van der Waals surface area contributed by atoms with Crippen molar-refractivity contribution in [2.45, 2.75) is 6.54 Å². The lowest BCUT2D eigenvalue weighted by atomic mass is 10.2. The van der Waals surface area contributed by atoms with Gasteiger partial charge in [-0.3, -0.25) is 4.79 Å². The molecule has 0 bridgehead atoms. The van der Waals surface area contributed by atoms with Gasteiger partial charge in [-0.1, -0.05) is 5.21 Å². The molecule has 7 nitrogen and oxygen atoms in total. The van der Waals surface area contributed by atoms with Crippen LogP contribution in [-0.4, -0.2) is 40.8 Å². The van der Waals surface area contributed by atoms with Gasteiger partial charge in [-0.25, -0.2) is 4.68 Å². The van der Waals surface area contributed by atoms with Gasteiger partial charge in [-0.2, -0.15) is 0 Å². The molecule has 0 aliphatic carbocycles. The maximum absolute atomic E-state index is 12.2. The van der Waals surface area contributed by atoms with Crippen LogP contribution < -0.4 is 15.2 Å². The Labute approximate surface area is 139 Å². The molecule has 24 heavy (non-hydrogen) atoms. The maximum Gasteiger partial charge on any atom is 0.293 e. The fourth-order valence-corrected chi connectivity index (χ4v) is 2.37. The van der Waals surface area contributed by atoms with Crippen molar-refractivity contribution in [1.82, 2.24) is 19.6 Å². The van der Waals surface area contributed by atoms with Crippen molar-refractivity contribution in [3.05, 3.63) is 64.8 Å². The molecule has 0 spiro atoms. The highest BCUT2D eigenvalue weighted by molar-refractivity contribution is 5.49. The first kappa shape index (κ1) is 15.8. The number of aromatic nitrogens is 4. The summed E-state index contributed by atoms with van der Waals surface area (Å²) in [6.07, 6.45) is 3.52. The lowest BCUT2D eigenvalue weighted by Crippen LogP contribution is -2.21. The molecule has 0 amide bonds. The molecule has 2 aromatic heterocycles. The number of hydrogen-bond acceptors (Lipinski definition) is 5. The third-order valence-corrected chi connectivity index (χ3v) is 3.71. The van der Waals surface area contributed by atoms with Crippen LogP contribution in [0.4, 0.5) is 5.69 Å². The second-order valence-corrected chi connectivity index (χ2v) is 5.57. The number of methoxy groups -OCH3 is 1. The van der Waals surface area contributed by atoms with Gasteiger partial charge >= 0.3 is 0 Å². The SMILES string of the molecule is COc1cccn(Cc2cn(-c3ccc(N(C)C)cc3)nn2)c1=O. The molecule has 0 N–H and O–H groups in total. The minimum atomic E-state index is -0.190. The highest BCUT2D eigenvalue weighted by Crippen LogP contribution is 2.15. The summed E-state index contributed by atoms with van der Waals surface area (Å²) >= 11 is 0. The van der Waals surface area contributed by atoms with E-state index in [4.69, 9.17) is 4.74 Å². The van der Waals surface area contributed by atoms with Crippen molar-refractivity contribution in [3.63, 3.8) is 0 Å². The molecule has 3 aromatic rings.